The Balaban J connectivity index is 2.20. The molecule has 0 unspecified atom stereocenters. The van der Waals surface area contributed by atoms with E-state index in [1.165, 1.54) is 12.3 Å². The fraction of sp³-hybridized carbons (Fsp3) is 0.200. The van der Waals surface area contributed by atoms with E-state index in [1.807, 2.05) is 12.1 Å². The molecule has 1 heterocycles. The van der Waals surface area contributed by atoms with Gasteiger partial charge in [0.2, 0.25) is 0 Å². The molecule has 0 spiro atoms. The highest BCUT2D eigenvalue weighted by atomic mass is 16.5. The first kappa shape index (κ1) is 13.9. The number of carbonyl (C=O) groups excluding carboxylic acids is 1. The molecule has 2 aromatic rings. The number of aryl methyl sites for hydroxylation is 1. The van der Waals surface area contributed by atoms with E-state index in [-0.39, 0.29) is 5.78 Å². The van der Waals surface area contributed by atoms with E-state index in [4.69, 9.17) is 9.47 Å². The lowest BCUT2D eigenvalue weighted by Gasteiger charge is -2.07. The van der Waals surface area contributed by atoms with Gasteiger partial charge in [-0.15, -0.1) is 0 Å². The minimum absolute atomic E-state index is 0.101. The third kappa shape index (κ3) is 3.06. The SMILES string of the molecule is COc1ccc(/C=C\C(=O)c2cnn(C)c2)c(OC)c1. The normalized spacial score (nSPS) is 10.8. The van der Waals surface area contributed by atoms with Gasteiger partial charge in [-0.2, -0.15) is 5.10 Å². The molecule has 0 aliphatic carbocycles. The molecule has 0 N–H and O–H groups in total. The van der Waals surface area contributed by atoms with Crippen molar-refractivity contribution >= 4 is 11.9 Å². The Bertz CT molecular complexity index is 644. The zero-order valence-corrected chi connectivity index (χ0v) is 11.7. The van der Waals surface area contributed by atoms with Crippen LogP contribution in [0.15, 0.2) is 36.7 Å². The average molecular weight is 272 g/mol. The molecule has 104 valence electrons. The summed E-state index contributed by atoms with van der Waals surface area (Å²) >= 11 is 0. The standard InChI is InChI=1S/C15H16N2O3/c1-17-10-12(9-16-17)14(18)7-5-11-4-6-13(19-2)8-15(11)20-3/h4-10H,1-3H3/b7-5-. The van der Waals surface area contributed by atoms with Gasteiger partial charge < -0.3 is 9.47 Å². The van der Waals surface area contributed by atoms with Gasteiger partial charge in [-0.1, -0.05) is 0 Å². The van der Waals surface area contributed by atoms with Crippen molar-refractivity contribution in [2.45, 2.75) is 0 Å². The lowest BCUT2D eigenvalue weighted by atomic mass is 10.1. The molecule has 1 aromatic carbocycles. The van der Waals surface area contributed by atoms with E-state index in [0.717, 1.165) is 5.56 Å². The van der Waals surface area contributed by atoms with Crippen LogP contribution in [0.5, 0.6) is 11.5 Å². The maximum absolute atomic E-state index is 11.9. The van der Waals surface area contributed by atoms with Crippen LogP contribution in [0.25, 0.3) is 6.08 Å². The first-order valence-electron chi connectivity index (χ1n) is 6.07. The molecule has 5 nitrogen and oxygen atoms in total. The Kier molecular flexibility index (Phi) is 4.20. The van der Waals surface area contributed by atoms with Gasteiger partial charge in [-0.25, -0.2) is 0 Å². The second kappa shape index (κ2) is 6.06. The summed E-state index contributed by atoms with van der Waals surface area (Å²) in [6, 6.07) is 5.43. The molecule has 0 aliphatic heterocycles. The number of hydrogen-bond donors (Lipinski definition) is 0. The number of hydrogen-bond acceptors (Lipinski definition) is 4. The van der Waals surface area contributed by atoms with Crippen LogP contribution in [0.2, 0.25) is 0 Å². The Hall–Kier alpha value is -2.56. The summed E-state index contributed by atoms with van der Waals surface area (Å²) in [5.41, 5.74) is 1.36. The topological polar surface area (TPSA) is 53.3 Å². The molecule has 0 aliphatic rings. The lowest BCUT2D eigenvalue weighted by Crippen LogP contribution is -1.93. The zero-order valence-electron chi connectivity index (χ0n) is 11.7. The monoisotopic (exact) mass is 272 g/mol. The Morgan fingerprint density at radius 1 is 1.30 bits per heavy atom. The van der Waals surface area contributed by atoms with Crippen LogP contribution in [-0.2, 0) is 7.05 Å². The molecule has 0 saturated carbocycles. The Morgan fingerprint density at radius 2 is 2.10 bits per heavy atom. The Morgan fingerprint density at radius 3 is 2.70 bits per heavy atom. The third-order valence-corrected chi connectivity index (χ3v) is 2.84. The van der Waals surface area contributed by atoms with Gasteiger partial charge in [0.1, 0.15) is 11.5 Å². The molecule has 0 amide bonds. The number of carbonyl (C=O) groups is 1. The van der Waals surface area contributed by atoms with Gasteiger partial charge in [-0.3, -0.25) is 9.48 Å². The number of nitrogens with zero attached hydrogens (tertiary/aromatic N) is 2. The van der Waals surface area contributed by atoms with Gasteiger partial charge in [0.15, 0.2) is 5.78 Å². The molecule has 0 fully saturated rings. The van der Waals surface area contributed by atoms with E-state index in [9.17, 15) is 4.79 Å². The van der Waals surface area contributed by atoms with Gasteiger partial charge >= 0.3 is 0 Å². The summed E-state index contributed by atoms with van der Waals surface area (Å²) in [7, 11) is 4.94. The van der Waals surface area contributed by atoms with E-state index in [0.29, 0.717) is 17.1 Å². The van der Waals surface area contributed by atoms with Crippen LogP contribution >= 0.6 is 0 Å². The van der Waals surface area contributed by atoms with Crippen molar-refractivity contribution in [1.29, 1.82) is 0 Å². The second-order valence-corrected chi connectivity index (χ2v) is 4.21. The highest BCUT2D eigenvalue weighted by Crippen LogP contribution is 2.25. The molecule has 2 rings (SSSR count). The van der Waals surface area contributed by atoms with Crippen LogP contribution in [0, 0.1) is 0 Å². The van der Waals surface area contributed by atoms with Crippen molar-refractivity contribution in [1.82, 2.24) is 9.78 Å². The molecule has 1 aromatic heterocycles. The van der Waals surface area contributed by atoms with Crippen LogP contribution < -0.4 is 9.47 Å². The number of ether oxygens (including phenoxy) is 2. The zero-order chi connectivity index (χ0) is 14.5. The molecule has 0 atom stereocenters. The van der Waals surface area contributed by atoms with Crippen LogP contribution in [0.1, 0.15) is 15.9 Å². The Labute approximate surface area is 117 Å². The van der Waals surface area contributed by atoms with Crippen molar-refractivity contribution in [2.75, 3.05) is 14.2 Å². The molecular weight excluding hydrogens is 256 g/mol. The van der Waals surface area contributed by atoms with Gasteiger partial charge in [-0.05, 0) is 24.3 Å². The van der Waals surface area contributed by atoms with Crippen LogP contribution in [0.3, 0.4) is 0 Å². The smallest absolute Gasteiger partial charge is 0.189 e. The molecule has 0 radical (unpaired) electrons. The van der Waals surface area contributed by atoms with E-state index < -0.39 is 0 Å². The van der Waals surface area contributed by atoms with E-state index in [1.54, 1.807) is 44.3 Å². The lowest BCUT2D eigenvalue weighted by molar-refractivity contribution is 0.104. The predicted molar refractivity (Wildman–Crippen MR) is 76.1 cm³/mol. The fourth-order valence-electron chi connectivity index (χ4n) is 1.77. The van der Waals surface area contributed by atoms with Crippen molar-refractivity contribution in [2.24, 2.45) is 7.05 Å². The number of aromatic nitrogens is 2. The predicted octanol–water partition coefficient (Wildman–Crippen LogP) is 2.33. The summed E-state index contributed by atoms with van der Waals surface area (Å²) in [4.78, 5) is 11.9. The molecule has 20 heavy (non-hydrogen) atoms. The maximum atomic E-state index is 11.9. The summed E-state index contributed by atoms with van der Waals surface area (Å²) in [5.74, 6) is 1.26. The second-order valence-electron chi connectivity index (χ2n) is 4.21. The summed E-state index contributed by atoms with van der Waals surface area (Å²) in [6.07, 6.45) is 6.44. The maximum Gasteiger partial charge on any atom is 0.189 e. The summed E-state index contributed by atoms with van der Waals surface area (Å²) in [5, 5.41) is 3.97. The van der Waals surface area contributed by atoms with Crippen LogP contribution in [0.4, 0.5) is 0 Å². The molecule has 5 heteroatoms. The highest BCUT2D eigenvalue weighted by molar-refractivity contribution is 6.06. The van der Waals surface area contributed by atoms with E-state index >= 15 is 0 Å². The first-order chi connectivity index (χ1) is 9.63. The number of ketones is 1. The number of methoxy groups -OCH3 is 2. The number of allylic oxidation sites excluding steroid dienone is 1. The largest absolute Gasteiger partial charge is 0.497 e. The van der Waals surface area contributed by atoms with Crippen molar-refractivity contribution < 1.29 is 14.3 Å². The minimum atomic E-state index is -0.101. The quantitative estimate of drug-likeness (QED) is 0.619. The molecule has 0 bridgehead atoms. The molecule has 0 saturated heterocycles. The third-order valence-electron chi connectivity index (χ3n) is 2.84. The van der Waals surface area contributed by atoms with E-state index in [2.05, 4.69) is 5.10 Å². The first-order valence-corrected chi connectivity index (χ1v) is 6.07. The minimum Gasteiger partial charge on any atom is -0.497 e. The summed E-state index contributed by atoms with van der Waals surface area (Å²) < 4.78 is 12.0. The number of benzene rings is 1. The fourth-order valence-corrected chi connectivity index (χ4v) is 1.77. The highest BCUT2D eigenvalue weighted by Gasteiger charge is 2.06. The summed E-state index contributed by atoms with van der Waals surface area (Å²) in [6.45, 7) is 0. The van der Waals surface area contributed by atoms with Crippen LogP contribution in [-0.4, -0.2) is 29.8 Å². The van der Waals surface area contributed by atoms with Crippen molar-refractivity contribution in [3.8, 4) is 11.5 Å². The molecular formula is C15H16N2O3. The van der Waals surface area contributed by atoms with Crippen molar-refractivity contribution in [3.05, 3.63) is 47.8 Å². The van der Waals surface area contributed by atoms with Gasteiger partial charge in [0.05, 0.1) is 26.0 Å². The van der Waals surface area contributed by atoms with Gasteiger partial charge in [0, 0.05) is 24.9 Å². The van der Waals surface area contributed by atoms with Crippen molar-refractivity contribution in [3.63, 3.8) is 0 Å². The average Bonchev–Trinajstić information content (AvgIpc) is 2.91. The number of rotatable bonds is 5. The van der Waals surface area contributed by atoms with Gasteiger partial charge in [0.25, 0.3) is 0 Å².